The van der Waals surface area contributed by atoms with Crippen molar-refractivity contribution < 1.29 is 4.74 Å². The Balaban J connectivity index is 0.00000169. The van der Waals surface area contributed by atoms with Gasteiger partial charge in [-0.05, 0) is 43.1 Å². The molecule has 0 spiro atoms. The Bertz CT molecular complexity index is 596. The van der Waals surface area contributed by atoms with E-state index in [0.717, 1.165) is 37.2 Å². The maximum absolute atomic E-state index is 5.75. The Morgan fingerprint density at radius 1 is 1.25 bits per heavy atom. The molecule has 1 atom stereocenters. The average molecular weight is 441 g/mol. The molecule has 1 aliphatic heterocycles. The highest BCUT2D eigenvalue weighted by molar-refractivity contribution is 14.0. The van der Waals surface area contributed by atoms with Gasteiger partial charge in [-0.15, -0.1) is 24.0 Å². The van der Waals surface area contributed by atoms with E-state index in [2.05, 4.69) is 33.8 Å². The third kappa shape index (κ3) is 3.51. The number of aliphatic imine (C=N–C) groups is 1. The first-order valence-electron chi connectivity index (χ1n) is 9.00. The van der Waals surface area contributed by atoms with Crippen molar-refractivity contribution in [3.8, 4) is 5.75 Å². The number of nitrogens with zero attached hydrogens (tertiary/aromatic N) is 1. The summed E-state index contributed by atoms with van der Waals surface area (Å²) < 4.78 is 5.75. The minimum absolute atomic E-state index is 0. The Hall–Kier alpha value is -0.980. The number of ether oxygens (including phenoxy) is 1. The number of hydrogen-bond acceptors (Lipinski definition) is 2. The van der Waals surface area contributed by atoms with Crippen LogP contribution in [0.1, 0.15) is 50.1 Å². The van der Waals surface area contributed by atoms with E-state index in [4.69, 9.17) is 4.74 Å². The predicted molar refractivity (Wildman–Crippen MR) is 108 cm³/mol. The largest absolute Gasteiger partial charge is 0.493 e. The lowest BCUT2D eigenvalue weighted by molar-refractivity contribution is 0.105. The fourth-order valence-electron chi connectivity index (χ4n) is 4.17. The summed E-state index contributed by atoms with van der Waals surface area (Å²) in [5.41, 5.74) is 1.80. The summed E-state index contributed by atoms with van der Waals surface area (Å²) in [5.74, 6) is 2.89. The number of nitrogens with one attached hydrogen (secondary N) is 2. The molecule has 0 radical (unpaired) electrons. The molecule has 132 valence electrons. The smallest absolute Gasteiger partial charge is 0.191 e. The number of halogens is 1. The van der Waals surface area contributed by atoms with Crippen molar-refractivity contribution >= 4 is 29.9 Å². The molecule has 2 saturated carbocycles. The monoisotopic (exact) mass is 441 g/mol. The molecule has 1 aromatic rings. The van der Waals surface area contributed by atoms with Crippen molar-refractivity contribution in [3.05, 3.63) is 29.8 Å². The standard InChI is InChI=1S/C19H27N3O.HI/c1-20-18(21-13-19(10-4-11-19)14-7-8-14)22-16-9-12-23-17-6-3-2-5-15(16)17;/h2-3,5-6,14,16H,4,7-13H2,1H3,(H2,20,21,22);1H. The van der Waals surface area contributed by atoms with Crippen molar-refractivity contribution in [1.29, 1.82) is 0 Å². The maximum Gasteiger partial charge on any atom is 0.191 e. The number of benzene rings is 1. The zero-order valence-electron chi connectivity index (χ0n) is 14.4. The molecule has 0 amide bonds. The van der Waals surface area contributed by atoms with Gasteiger partial charge < -0.3 is 15.4 Å². The van der Waals surface area contributed by atoms with E-state index in [1.165, 1.54) is 37.7 Å². The molecular formula is C19H28IN3O. The molecule has 2 aliphatic carbocycles. The van der Waals surface area contributed by atoms with Gasteiger partial charge in [-0.2, -0.15) is 0 Å². The lowest BCUT2D eigenvalue weighted by atomic mass is 9.65. The highest BCUT2D eigenvalue weighted by Gasteiger charge is 2.48. The van der Waals surface area contributed by atoms with E-state index in [9.17, 15) is 0 Å². The lowest BCUT2D eigenvalue weighted by Crippen LogP contribution is -2.48. The van der Waals surface area contributed by atoms with Crippen LogP contribution < -0.4 is 15.4 Å². The molecule has 0 aromatic heterocycles. The van der Waals surface area contributed by atoms with Crippen molar-refractivity contribution in [2.24, 2.45) is 16.3 Å². The van der Waals surface area contributed by atoms with Crippen LogP contribution >= 0.6 is 24.0 Å². The molecular weight excluding hydrogens is 413 g/mol. The van der Waals surface area contributed by atoms with Crippen molar-refractivity contribution in [2.75, 3.05) is 20.2 Å². The molecule has 0 saturated heterocycles. The van der Waals surface area contributed by atoms with Crippen LogP contribution in [0.3, 0.4) is 0 Å². The quantitative estimate of drug-likeness (QED) is 0.424. The number of para-hydroxylation sites is 1. The van der Waals surface area contributed by atoms with Gasteiger partial charge in [0.05, 0.1) is 12.6 Å². The van der Waals surface area contributed by atoms with Gasteiger partial charge in [0.2, 0.25) is 0 Å². The first-order valence-corrected chi connectivity index (χ1v) is 9.00. The van der Waals surface area contributed by atoms with Crippen molar-refractivity contribution in [3.63, 3.8) is 0 Å². The van der Waals surface area contributed by atoms with Crippen LogP contribution in [0.4, 0.5) is 0 Å². The van der Waals surface area contributed by atoms with Gasteiger partial charge in [0.25, 0.3) is 0 Å². The van der Waals surface area contributed by atoms with Crippen LogP contribution in [0.2, 0.25) is 0 Å². The molecule has 2 N–H and O–H groups in total. The topological polar surface area (TPSA) is 45.7 Å². The Kier molecular flexibility index (Phi) is 5.57. The second kappa shape index (κ2) is 7.50. The van der Waals surface area contributed by atoms with Gasteiger partial charge in [-0.1, -0.05) is 24.6 Å². The minimum atomic E-state index is 0. The van der Waals surface area contributed by atoms with Crippen LogP contribution in [0.5, 0.6) is 5.75 Å². The number of fused-ring (bicyclic) bond motifs is 1. The van der Waals surface area contributed by atoms with Crippen molar-refractivity contribution in [1.82, 2.24) is 10.6 Å². The predicted octanol–water partition coefficient (Wildman–Crippen LogP) is 3.87. The Morgan fingerprint density at radius 2 is 2.04 bits per heavy atom. The van der Waals surface area contributed by atoms with E-state index in [-0.39, 0.29) is 30.0 Å². The van der Waals surface area contributed by atoms with Gasteiger partial charge in [0.15, 0.2) is 5.96 Å². The third-order valence-electron chi connectivity index (χ3n) is 5.89. The van der Waals surface area contributed by atoms with Crippen LogP contribution in [0, 0.1) is 11.3 Å². The first-order chi connectivity index (χ1) is 11.3. The summed E-state index contributed by atoms with van der Waals surface area (Å²) in [6, 6.07) is 8.59. The summed E-state index contributed by atoms with van der Waals surface area (Å²) in [5, 5.41) is 7.21. The third-order valence-corrected chi connectivity index (χ3v) is 5.89. The molecule has 4 rings (SSSR count). The fourth-order valence-corrected chi connectivity index (χ4v) is 4.17. The summed E-state index contributed by atoms with van der Waals surface area (Å²) >= 11 is 0. The molecule has 0 bridgehead atoms. The molecule has 1 unspecified atom stereocenters. The van der Waals surface area contributed by atoms with Gasteiger partial charge in [0, 0.05) is 25.6 Å². The second-order valence-corrected chi connectivity index (χ2v) is 7.29. The van der Waals surface area contributed by atoms with Crippen LogP contribution in [-0.2, 0) is 0 Å². The molecule has 1 heterocycles. The summed E-state index contributed by atoms with van der Waals surface area (Å²) in [4.78, 5) is 4.45. The highest BCUT2D eigenvalue weighted by atomic mass is 127. The van der Waals surface area contributed by atoms with Gasteiger partial charge in [-0.3, -0.25) is 4.99 Å². The van der Waals surface area contributed by atoms with Gasteiger partial charge >= 0.3 is 0 Å². The first kappa shape index (κ1) is 17.8. The highest BCUT2D eigenvalue weighted by Crippen LogP contribution is 2.56. The fraction of sp³-hybridized carbons (Fsp3) is 0.632. The normalized spacial score (nSPS) is 24.7. The number of guanidine groups is 1. The van der Waals surface area contributed by atoms with E-state index < -0.39 is 0 Å². The van der Waals surface area contributed by atoms with E-state index in [0.29, 0.717) is 5.41 Å². The minimum Gasteiger partial charge on any atom is -0.493 e. The van der Waals surface area contributed by atoms with Gasteiger partial charge in [-0.25, -0.2) is 0 Å². The molecule has 4 nitrogen and oxygen atoms in total. The average Bonchev–Trinajstić information content (AvgIpc) is 3.38. The van der Waals surface area contributed by atoms with Gasteiger partial charge in [0.1, 0.15) is 5.75 Å². The molecule has 2 fully saturated rings. The molecule has 5 heteroatoms. The number of hydrogen-bond donors (Lipinski definition) is 2. The zero-order valence-corrected chi connectivity index (χ0v) is 16.7. The van der Waals surface area contributed by atoms with E-state index in [1.807, 2.05) is 13.1 Å². The Labute approximate surface area is 161 Å². The van der Waals surface area contributed by atoms with E-state index >= 15 is 0 Å². The summed E-state index contributed by atoms with van der Waals surface area (Å²) in [6.07, 6.45) is 8.02. The second-order valence-electron chi connectivity index (χ2n) is 7.29. The SMILES string of the molecule is CN=C(NCC1(C2CC2)CCC1)NC1CCOc2ccccc21.I. The molecule has 1 aromatic carbocycles. The Morgan fingerprint density at radius 3 is 2.71 bits per heavy atom. The molecule has 3 aliphatic rings. The zero-order chi connectivity index (χ0) is 15.7. The van der Waals surface area contributed by atoms with E-state index in [1.54, 1.807) is 0 Å². The summed E-state index contributed by atoms with van der Waals surface area (Å²) in [7, 11) is 1.87. The van der Waals surface area contributed by atoms with Crippen LogP contribution in [0.25, 0.3) is 0 Å². The molecule has 24 heavy (non-hydrogen) atoms. The maximum atomic E-state index is 5.75. The van der Waals surface area contributed by atoms with Crippen molar-refractivity contribution in [2.45, 2.75) is 44.6 Å². The van der Waals surface area contributed by atoms with Crippen LogP contribution in [-0.4, -0.2) is 26.2 Å². The number of rotatable bonds is 4. The lowest BCUT2D eigenvalue weighted by Gasteiger charge is -2.43. The van der Waals surface area contributed by atoms with Crippen LogP contribution in [0.15, 0.2) is 29.3 Å². The summed E-state index contributed by atoms with van der Waals surface area (Å²) in [6.45, 7) is 1.83.